The number of carbonyl (C=O) groups is 1. The van der Waals surface area contributed by atoms with E-state index in [1.165, 1.54) is 28.5 Å². The summed E-state index contributed by atoms with van der Waals surface area (Å²) in [7, 11) is 0. The van der Waals surface area contributed by atoms with E-state index in [0.29, 0.717) is 0 Å². The summed E-state index contributed by atoms with van der Waals surface area (Å²) in [6.45, 7) is 1.88. The van der Waals surface area contributed by atoms with Crippen molar-refractivity contribution in [3.8, 4) is 11.1 Å². The average Bonchev–Trinajstić information content (AvgIpc) is 2.68. The first-order chi connectivity index (χ1) is 12.1. The molecule has 3 nitrogen and oxygen atoms in total. The van der Waals surface area contributed by atoms with Gasteiger partial charge in [-0.1, -0.05) is 67.4 Å². The molecule has 0 radical (unpaired) electrons. The van der Waals surface area contributed by atoms with Crippen LogP contribution in [0.1, 0.15) is 38.2 Å². The minimum Gasteiger partial charge on any atom is -0.289 e. The maximum atomic E-state index is 11.7. The standard InChI is InChI=1S/C21H27NO2S/c1-21(25-2,20(23)22-24)16-8-4-5-9-17-12-14-19(15-13-17)18-10-6-3-7-11-18/h3,6-7,10-15,24H,4-5,8-9,16H2,1-2H3,(H,22,23). The van der Waals surface area contributed by atoms with Crippen LogP contribution in [0.4, 0.5) is 0 Å². The molecule has 1 unspecified atom stereocenters. The first kappa shape index (κ1) is 19.5. The maximum absolute atomic E-state index is 11.7. The molecule has 0 bridgehead atoms. The van der Waals surface area contributed by atoms with Crippen LogP contribution < -0.4 is 5.48 Å². The van der Waals surface area contributed by atoms with Gasteiger partial charge in [-0.2, -0.15) is 0 Å². The number of nitrogens with one attached hydrogen (secondary N) is 1. The Morgan fingerprint density at radius 2 is 1.64 bits per heavy atom. The van der Waals surface area contributed by atoms with Crippen LogP contribution in [0.3, 0.4) is 0 Å². The third kappa shape index (κ3) is 5.62. The Bertz CT molecular complexity index is 657. The summed E-state index contributed by atoms with van der Waals surface area (Å²) in [6, 6.07) is 19.2. The normalized spacial score (nSPS) is 13.2. The molecule has 0 aliphatic heterocycles. The van der Waals surface area contributed by atoms with E-state index in [-0.39, 0.29) is 5.91 Å². The summed E-state index contributed by atoms with van der Waals surface area (Å²) in [4.78, 5) is 11.7. The number of amides is 1. The Labute approximate surface area is 154 Å². The number of hydroxylamine groups is 1. The number of carbonyl (C=O) groups excluding carboxylic acids is 1. The van der Waals surface area contributed by atoms with E-state index < -0.39 is 4.75 Å². The number of aryl methyl sites for hydroxylation is 1. The second kappa shape index (κ2) is 9.64. The van der Waals surface area contributed by atoms with E-state index in [1.54, 1.807) is 5.48 Å². The van der Waals surface area contributed by atoms with Crippen molar-refractivity contribution in [1.82, 2.24) is 5.48 Å². The van der Waals surface area contributed by atoms with Crippen LogP contribution in [0.15, 0.2) is 54.6 Å². The van der Waals surface area contributed by atoms with Crippen LogP contribution in [0, 0.1) is 0 Å². The minimum absolute atomic E-state index is 0.309. The third-order valence-electron chi connectivity index (χ3n) is 4.71. The number of hydrogen-bond donors (Lipinski definition) is 2. The number of thioether (sulfide) groups is 1. The summed E-state index contributed by atoms with van der Waals surface area (Å²) in [5, 5.41) is 8.84. The minimum atomic E-state index is -0.550. The van der Waals surface area contributed by atoms with Crippen LogP contribution >= 0.6 is 11.8 Å². The lowest BCUT2D eigenvalue weighted by Gasteiger charge is -2.24. The Morgan fingerprint density at radius 3 is 2.24 bits per heavy atom. The summed E-state index contributed by atoms with van der Waals surface area (Å²) in [5.41, 5.74) is 5.62. The van der Waals surface area contributed by atoms with Crippen molar-refractivity contribution < 1.29 is 10.0 Å². The molecule has 0 aromatic heterocycles. The molecular weight excluding hydrogens is 330 g/mol. The summed E-state index contributed by atoms with van der Waals surface area (Å²) >= 11 is 1.49. The van der Waals surface area contributed by atoms with E-state index in [2.05, 4.69) is 48.5 Å². The molecule has 4 heteroatoms. The zero-order chi connectivity index (χ0) is 18.1. The van der Waals surface area contributed by atoms with Gasteiger partial charge in [0, 0.05) is 0 Å². The molecule has 0 saturated carbocycles. The smallest absolute Gasteiger partial charge is 0.259 e. The van der Waals surface area contributed by atoms with Gasteiger partial charge in [-0.3, -0.25) is 10.0 Å². The van der Waals surface area contributed by atoms with Gasteiger partial charge in [0.2, 0.25) is 0 Å². The number of benzene rings is 2. The van der Waals surface area contributed by atoms with Crippen molar-refractivity contribution in [2.24, 2.45) is 0 Å². The average molecular weight is 358 g/mol. The fraction of sp³-hybridized carbons (Fsp3) is 0.381. The molecule has 1 atom stereocenters. The quantitative estimate of drug-likeness (QED) is 0.374. The van der Waals surface area contributed by atoms with Gasteiger partial charge in [-0.25, -0.2) is 5.48 Å². The maximum Gasteiger partial charge on any atom is 0.259 e. The molecule has 0 saturated heterocycles. The Hall–Kier alpha value is -1.78. The van der Waals surface area contributed by atoms with Gasteiger partial charge < -0.3 is 0 Å². The van der Waals surface area contributed by atoms with Crippen LogP contribution in [0.2, 0.25) is 0 Å². The molecule has 0 spiro atoms. The lowest BCUT2D eigenvalue weighted by Crippen LogP contribution is -2.40. The van der Waals surface area contributed by atoms with Crippen LogP contribution in [-0.2, 0) is 11.2 Å². The summed E-state index contributed by atoms with van der Waals surface area (Å²) < 4.78 is -0.550. The Balaban J connectivity index is 1.76. The lowest BCUT2D eigenvalue weighted by atomic mass is 9.98. The summed E-state index contributed by atoms with van der Waals surface area (Å²) in [6.07, 6.45) is 6.90. The third-order valence-corrected chi connectivity index (χ3v) is 6.00. The molecule has 0 aliphatic carbocycles. The zero-order valence-corrected chi connectivity index (χ0v) is 15.8. The fourth-order valence-corrected chi connectivity index (χ4v) is 3.47. The van der Waals surface area contributed by atoms with Gasteiger partial charge in [0.1, 0.15) is 0 Å². The van der Waals surface area contributed by atoms with E-state index in [1.807, 2.05) is 19.2 Å². The van der Waals surface area contributed by atoms with Gasteiger partial charge in [-0.05, 0) is 49.1 Å². The number of hydrogen-bond acceptors (Lipinski definition) is 3. The van der Waals surface area contributed by atoms with Crippen LogP contribution in [-0.4, -0.2) is 22.1 Å². The predicted octanol–water partition coefficient (Wildman–Crippen LogP) is 5.08. The molecular formula is C21H27NO2S. The highest BCUT2D eigenvalue weighted by molar-refractivity contribution is 8.00. The Morgan fingerprint density at radius 1 is 1.00 bits per heavy atom. The molecule has 25 heavy (non-hydrogen) atoms. The molecule has 2 rings (SSSR count). The number of rotatable bonds is 9. The van der Waals surface area contributed by atoms with E-state index in [9.17, 15) is 4.79 Å². The van der Waals surface area contributed by atoms with E-state index in [4.69, 9.17) is 5.21 Å². The monoisotopic (exact) mass is 357 g/mol. The fourth-order valence-electron chi connectivity index (χ4n) is 2.89. The van der Waals surface area contributed by atoms with Crippen LogP contribution in [0.5, 0.6) is 0 Å². The van der Waals surface area contributed by atoms with Gasteiger partial charge in [0.25, 0.3) is 5.91 Å². The SMILES string of the molecule is CSC(C)(CCCCCc1ccc(-c2ccccc2)cc1)C(=O)NO. The number of unbranched alkanes of at least 4 members (excludes halogenated alkanes) is 2. The second-order valence-corrected chi connectivity index (χ2v) is 7.81. The van der Waals surface area contributed by atoms with Crippen molar-refractivity contribution in [2.45, 2.75) is 43.8 Å². The molecule has 2 aromatic carbocycles. The van der Waals surface area contributed by atoms with Crippen molar-refractivity contribution in [3.05, 3.63) is 60.2 Å². The highest BCUT2D eigenvalue weighted by Crippen LogP contribution is 2.29. The first-order valence-corrected chi connectivity index (χ1v) is 9.95. The molecule has 1 amide bonds. The van der Waals surface area contributed by atoms with Gasteiger partial charge in [-0.15, -0.1) is 11.8 Å². The van der Waals surface area contributed by atoms with Crippen molar-refractivity contribution in [3.63, 3.8) is 0 Å². The first-order valence-electron chi connectivity index (χ1n) is 8.73. The predicted molar refractivity (Wildman–Crippen MR) is 106 cm³/mol. The largest absolute Gasteiger partial charge is 0.289 e. The molecule has 2 N–H and O–H groups in total. The molecule has 0 heterocycles. The Kier molecular flexibility index (Phi) is 7.53. The van der Waals surface area contributed by atoms with Gasteiger partial charge >= 0.3 is 0 Å². The summed E-state index contributed by atoms with van der Waals surface area (Å²) in [5.74, 6) is -0.309. The van der Waals surface area contributed by atoms with E-state index in [0.717, 1.165) is 32.1 Å². The lowest BCUT2D eigenvalue weighted by molar-refractivity contribution is -0.131. The van der Waals surface area contributed by atoms with Crippen molar-refractivity contribution >= 4 is 17.7 Å². The molecule has 0 aliphatic rings. The van der Waals surface area contributed by atoms with Gasteiger partial charge in [0.15, 0.2) is 0 Å². The van der Waals surface area contributed by atoms with E-state index >= 15 is 0 Å². The molecule has 134 valence electrons. The van der Waals surface area contributed by atoms with Crippen molar-refractivity contribution in [2.75, 3.05) is 6.26 Å². The molecule has 0 fully saturated rings. The molecule has 2 aromatic rings. The zero-order valence-electron chi connectivity index (χ0n) is 15.0. The topological polar surface area (TPSA) is 49.3 Å². The highest BCUT2D eigenvalue weighted by Gasteiger charge is 2.31. The highest BCUT2D eigenvalue weighted by atomic mass is 32.2. The van der Waals surface area contributed by atoms with Gasteiger partial charge in [0.05, 0.1) is 4.75 Å². The second-order valence-electron chi connectivity index (χ2n) is 6.50. The van der Waals surface area contributed by atoms with Crippen molar-refractivity contribution in [1.29, 1.82) is 0 Å². The van der Waals surface area contributed by atoms with Crippen LogP contribution in [0.25, 0.3) is 11.1 Å².